The van der Waals surface area contributed by atoms with Crippen molar-refractivity contribution in [3.05, 3.63) is 22.8 Å². The van der Waals surface area contributed by atoms with Gasteiger partial charge in [0.25, 0.3) is 0 Å². The zero-order valence-electron chi connectivity index (χ0n) is 9.09. The summed E-state index contributed by atoms with van der Waals surface area (Å²) in [5, 5.41) is 7.32. The van der Waals surface area contributed by atoms with Gasteiger partial charge in [0.2, 0.25) is 0 Å². The van der Waals surface area contributed by atoms with Crippen molar-refractivity contribution in [1.29, 1.82) is 0 Å². The first kappa shape index (κ1) is 9.99. The first-order valence-corrected chi connectivity index (χ1v) is 6.27. The lowest BCUT2D eigenvalue weighted by atomic mass is 10.2. The van der Waals surface area contributed by atoms with Crippen molar-refractivity contribution in [1.82, 2.24) is 14.8 Å². The van der Waals surface area contributed by atoms with Crippen LogP contribution in [0.1, 0.15) is 24.0 Å². The van der Waals surface area contributed by atoms with Crippen molar-refractivity contribution in [2.24, 2.45) is 7.05 Å². The Bertz CT molecular complexity index is 485. The fraction of sp³-hybridized carbons (Fsp3) is 0.455. The van der Waals surface area contributed by atoms with Gasteiger partial charge in [0.05, 0.1) is 11.9 Å². The lowest BCUT2D eigenvalue weighted by Crippen LogP contribution is -1.94. The summed E-state index contributed by atoms with van der Waals surface area (Å²) in [6.45, 7) is 0.868. The highest BCUT2D eigenvalue weighted by molar-refractivity contribution is 7.10. The van der Waals surface area contributed by atoms with Crippen LogP contribution < -0.4 is 0 Å². The van der Waals surface area contributed by atoms with Gasteiger partial charge in [-0.25, -0.2) is 4.98 Å². The highest BCUT2D eigenvalue weighted by Crippen LogP contribution is 2.32. The summed E-state index contributed by atoms with van der Waals surface area (Å²) in [5.74, 6) is 0. The molecule has 0 amide bonds. The average molecular weight is 235 g/mol. The van der Waals surface area contributed by atoms with Crippen LogP contribution in [0.5, 0.6) is 0 Å². The van der Waals surface area contributed by atoms with Gasteiger partial charge in [-0.05, 0) is 12.8 Å². The third kappa shape index (κ3) is 1.76. The van der Waals surface area contributed by atoms with E-state index in [9.17, 15) is 0 Å². The van der Waals surface area contributed by atoms with Crippen LogP contribution >= 0.6 is 11.3 Å². The minimum atomic E-state index is 0.218. The fourth-order valence-electron chi connectivity index (χ4n) is 1.89. The van der Waals surface area contributed by atoms with Crippen molar-refractivity contribution in [2.45, 2.75) is 18.9 Å². The molecule has 0 spiro atoms. The van der Waals surface area contributed by atoms with Crippen LogP contribution in [0.25, 0.3) is 11.3 Å². The standard InChI is InChI=1S/C11H13N3OS/c1-14-6-8(5-12-14)9-7-16-11(13-9)10-3-2-4-15-10/h5-7,10H,2-4H2,1H3/t10-/m0/s1. The summed E-state index contributed by atoms with van der Waals surface area (Å²) in [6.07, 6.45) is 6.28. The number of hydrogen-bond donors (Lipinski definition) is 0. The third-order valence-corrected chi connectivity index (χ3v) is 3.66. The maximum atomic E-state index is 5.62. The van der Waals surface area contributed by atoms with Crippen molar-refractivity contribution < 1.29 is 4.74 Å². The fourth-order valence-corrected chi connectivity index (χ4v) is 2.80. The maximum Gasteiger partial charge on any atom is 0.122 e. The zero-order valence-corrected chi connectivity index (χ0v) is 9.91. The Morgan fingerprint density at radius 2 is 2.50 bits per heavy atom. The van der Waals surface area contributed by atoms with Crippen LogP contribution in [0.15, 0.2) is 17.8 Å². The Balaban J connectivity index is 1.87. The molecule has 2 aromatic heterocycles. The summed E-state index contributed by atoms with van der Waals surface area (Å²) < 4.78 is 7.41. The van der Waals surface area contributed by atoms with E-state index in [1.54, 1.807) is 16.0 Å². The molecule has 0 saturated carbocycles. The Morgan fingerprint density at radius 3 is 3.19 bits per heavy atom. The number of ether oxygens (including phenoxy) is 1. The minimum absolute atomic E-state index is 0.218. The predicted octanol–water partition coefficient (Wildman–Crippen LogP) is 2.40. The van der Waals surface area contributed by atoms with E-state index in [-0.39, 0.29) is 6.10 Å². The Hall–Kier alpha value is -1.20. The van der Waals surface area contributed by atoms with Crippen LogP contribution in [0, 0.1) is 0 Å². The Labute approximate surface area is 97.9 Å². The minimum Gasteiger partial charge on any atom is -0.371 e. The highest BCUT2D eigenvalue weighted by atomic mass is 32.1. The molecule has 84 valence electrons. The molecule has 1 aliphatic heterocycles. The molecule has 3 rings (SSSR count). The summed E-state index contributed by atoms with van der Waals surface area (Å²) >= 11 is 1.68. The second kappa shape index (κ2) is 3.99. The molecule has 1 aliphatic rings. The van der Waals surface area contributed by atoms with E-state index >= 15 is 0 Å². The molecule has 3 heterocycles. The Kier molecular flexibility index (Phi) is 2.49. The van der Waals surface area contributed by atoms with Crippen LogP contribution in [0.2, 0.25) is 0 Å². The molecule has 16 heavy (non-hydrogen) atoms. The van der Waals surface area contributed by atoms with Crippen LogP contribution in [-0.2, 0) is 11.8 Å². The van der Waals surface area contributed by atoms with Gasteiger partial charge in [0.1, 0.15) is 11.1 Å². The van der Waals surface area contributed by atoms with E-state index in [2.05, 4.69) is 15.5 Å². The maximum absolute atomic E-state index is 5.62. The van der Waals surface area contributed by atoms with E-state index < -0.39 is 0 Å². The Morgan fingerprint density at radius 1 is 1.56 bits per heavy atom. The molecule has 0 unspecified atom stereocenters. The molecule has 1 saturated heterocycles. The quantitative estimate of drug-likeness (QED) is 0.802. The van der Waals surface area contributed by atoms with Crippen LogP contribution in [0.3, 0.4) is 0 Å². The monoisotopic (exact) mass is 235 g/mol. The number of hydrogen-bond acceptors (Lipinski definition) is 4. The van der Waals surface area contributed by atoms with Gasteiger partial charge in [0, 0.05) is 30.8 Å². The van der Waals surface area contributed by atoms with Crippen molar-refractivity contribution in [3.8, 4) is 11.3 Å². The normalized spacial score (nSPS) is 20.4. The molecule has 5 heteroatoms. The summed E-state index contributed by atoms with van der Waals surface area (Å²) in [6, 6.07) is 0. The first-order valence-electron chi connectivity index (χ1n) is 5.39. The highest BCUT2D eigenvalue weighted by Gasteiger charge is 2.21. The van der Waals surface area contributed by atoms with Gasteiger partial charge < -0.3 is 4.74 Å². The van der Waals surface area contributed by atoms with Crippen LogP contribution in [-0.4, -0.2) is 21.4 Å². The molecule has 0 bridgehead atoms. The van der Waals surface area contributed by atoms with Gasteiger partial charge in [-0.1, -0.05) is 0 Å². The van der Waals surface area contributed by atoms with E-state index in [1.807, 2.05) is 19.4 Å². The summed E-state index contributed by atoms with van der Waals surface area (Å²) in [4.78, 5) is 4.62. The summed E-state index contributed by atoms with van der Waals surface area (Å²) in [7, 11) is 1.91. The topological polar surface area (TPSA) is 39.9 Å². The molecule has 0 aromatic carbocycles. The summed E-state index contributed by atoms with van der Waals surface area (Å²) in [5.41, 5.74) is 2.08. The van der Waals surface area contributed by atoms with Crippen LogP contribution in [0.4, 0.5) is 0 Å². The lowest BCUT2D eigenvalue weighted by molar-refractivity contribution is 0.112. The number of nitrogens with zero attached hydrogens (tertiary/aromatic N) is 3. The molecule has 4 nitrogen and oxygen atoms in total. The second-order valence-electron chi connectivity index (χ2n) is 3.98. The van der Waals surface area contributed by atoms with Crippen molar-refractivity contribution in [3.63, 3.8) is 0 Å². The van der Waals surface area contributed by atoms with Gasteiger partial charge in [-0.3, -0.25) is 4.68 Å². The van der Waals surface area contributed by atoms with Gasteiger partial charge >= 0.3 is 0 Å². The van der Waals surface area contributed by atoms with Crippen molar-refractivity contribution in [2.75, 3.05) is 6.61 Å². The van der Waals surface area contributed by atoms with E-state index in [1.165, 1.54) is 0 Å². The molecule has 0 N–H and O–H groups in total. The number of thiazole rings is 1. The third-order valence-electron chi connectivity index (χ3n) is 2.73. The molecule has 0 aliphatic carbocycles. The predicted molar refractivity (Wildman–Crippen MR) is 62.2 cm³/mol. The molecule has 0 radical (unpaired) electrons. The lowest BCUT2D eigenvalue weighted by Gasteiger charge is -2.03. The molecular formula is C11H13N3OS. The van der Waals surface area contributed by atoms with Crippen molar-refractivity contribution >= 4 is 11.3 Å². The largest absolute Gasteiger partial charge is 0.371 e. The molecule has 1 fully saturated rings. The van der Waals surface area contributed by atoms with E-state index in [0.29, 0.717) is 0 Å². The number of rotatable bonds is 2. The van der Waals surface area contributed by atoms with Gasteiger partial charge in [-0.2, -0.15) is 5.10 Å². The molecular weight excluding hydrogens is 222 g/mol. The number of aromatic nitrogens is 3. The van der Waals surface area contributed by atoms with Gasteiger partial charge in [0.15, 0.2) is 0 Å². The SMILES string of the molecule is Cn1cc(-c2csc([C@@H]3CCCO3)n2)cn1. The van der Waals surface area contributed by atoms with Gasteiger partial charge in [-0.15, -0.1) is 11.3 Å². The van der Waals surface area contributed by atoms with E-state index in [0.717, 1.165) is 35.7 Å². The smallest absolute Gasteiger partial charge is 0.122 e. The molecule has 2 aromatic rings. The first-order chi connectivity index (χ1) is 7.83. The van der Waals surface area contributed by atoms with E-state index in [4.69, 9.17) is 4.74 Å². The molecule has 1 atom stereocenters. The average Bonchev–Trinajstić information content (AvgIpc) is 2.97. The zero-order chi connectivity index (χ0) is 11.0. The second-order valence-corrected chi connectivity index (χ2v) is 4.87. The number of aryl methyl sites for hydroxylation is 1.